The highest BCUT2D eigenvalue weighted by Gasteiger charge is 2.13. The van der Waals surface area contributed by atoms with Crippen molar-refractivity contribution in [1.82, 2.24) is 9.80 Å². The van der Waals surface area contributed by atoms with Crippen molar-refractivity contribution < 1.29 is 9.18 Å². The smallest absolute Gasteiger partial charge is 0.209 e. The summed E-state index contributed by atoms with van der Waals surface area (Å²) in [5.41, 5.74) is 0. The van der Waals surface area contributed by atoms with E-state index in [2.05, 4.69) is 0 Å². The first-order valence-corrected chi connectivity index (χ1v) is 3.84. The molecule has 0 atom stereocenters. The number of carbonyl (C=O) groups excluding carboxylic acids is 1. The molecule has 1 aliphatic heterocycles. The van der Waals surface area contributed by atoms with Crippen LogP contribution in [0.2, 0.25) is 0 Å². The van der Waals surface area contributed by atoms with Crippen LogP contribution in [0.1, 0.15) is 0 Å². The van der Waals surface area contributed by atoms with Crippen molar-refractivity contribution >= 4 is 6.41 Å². The highest BCUT2D eigenvalue weighted by molar-refractivity contribution is 5.47. The van der Waals surface area contributed by atoms with Crippen LogP contribution in [0.25, 0.3) is 0 Å². The van der Waals surface area contributed by atoms with E-state index in [0.717, 1.165) is 32.6 Å². The molecule has 0 saturated carbocycles. The van der Waals surface area contributed by atoms with Gasteiger partial charge in [-0.15, -0.1) is 0 Å². The zero-order valence-electron chi connectivity index (χ0n) is 6.50. The zero-order valence-corrected chi connectivity index (χ0v) is 6.50. The van der Waals surface area contributed by atoms with Gasteiger partial charge < -0.3 is 4.90 Å². The number of halogens is 1. The molecule has 1 saturated heterocycles. The molecule has 0 spiro atoms. The largest absolute Gasteiger partial charge is 0.343 e. The minimum absolute atomic E-state index is 0.291. The molecule has 1 fully saturated rings. The van der Waals surface area contributed by atoms with Crippen LogP contribution in [0, 0.1) is 0 Å². The molecular weight excluding hydrogens is 147 g/mol. The highest BCUT2D eigenvalue weighted by Crippen LogP contribution is 1.98. The second kappa shape index (κ2) is 4.28. The van der Waals surface area contributed by atoms with Crippen LogP contribution < -0.4 is 0 Å². The molecule has 4 heteroatoms. The molecular formula is C7H13FN2O. The lowest BCUT2D eigenvalue weighted by Gasteiger charge is -2.31. The van der Waals surface area contributed by atoms with Gasteiger partial charge in [-0.25, -0.2) is 4.39 Å². The lowest BCUT2D eigenvalue weighted by atomic mass is 10.3. The van der Waals surface area contributed by atoms with Gasteiger partial charge in [0.05, 0.1) is 0 Å². The van der Waals surface area contributed by atoms with Crippen molar-refractivity contribution in [3.8, 4) is 0 Å². The molecule has 0 aromatic rings. The van der Waals surface area contributed by atoms with Gasteiger partial charge in [-0.2, -0.15) is 0 Å². The number of rotatable bonds is 3. The second-order valence-corrected chi connectivity index (χ2v) is 2.67. The van der Waals surface area contributed by atoms with Crippen LogP contribution in [-0.4, -0.2) is 55.6 Å². The van der Waals surface area contributed by atoms with Gasteiger partial charge in [0, 0.05) is 32.7 Å². The van der Waals surface area contributed by atoms with Gasteiger partial charge in [-0.05, 0) is 0 Å². The van der Waals surface area contributed by atoms with E-state index in [0.29, 0.717) is 6.54 Å². The van der Waals surface area contributed by atoms with Crippen LogP contribution in [-0.2, 0) is 4.79 Å². The molecule has 64 valence electrons. The molecule has 1 heterocycles. The summed E-state index contributed by atoms with van der Waals surface area (Å²) in [7, 11) is 0. The molecule has 0 aromatic carbocycles. The Morgan fingerprint density at radius 2 is 1.91 bits per heavy atom. The summed E-state index contributed by atoms with van der Waals surface area (Å²) in [4.78, 5) is 14.0. The van der Waals surface area contributed by atoms with Crippen LogP contribution in [0.15, 0.2) is 0 Å². The Bertz CT molecular complexity index is 124. The minimum atomic E-state index is -0.291. The zero-order chi connectivity index (χ0) is 8.10. The molecule has 0 N–H and O–H groups in total. The van der Waals surface area contributed by atoms with E-state index in [1.165, 1.54) is 0 Å². The van der Waals surface area contributed by atoms with Gasteiger partial charge in [0.25, 0.3) is 0 Å². The Morgan fingerprint density at radius 1 is 1.27 bits per heavy atom. The van der Waals surface area contributed by atoms with Gasteiger partial charge in [0.15, 0.2) is 0 Å². The van der Waals surface area contributed by atoms with Gasteiger partial charge in [0.1, 0.15) is 6.67 Å². The maximum Gasteiger partial charge on any atom is 0.209 e. The maximum absolute atomic E-state index is 11.8. The fourth-order valence-electron chi connectivity index (χ4n) is 1.21. The third kappa shape index (κ3) is 2.46. The second-order valence-electron chi connectivity index (χ2n) is 2.67. The van der Waals surface area contributed by atoms with E-state index < -0.39 is 0 Å². The van der Waals surface area contributed by atoms with Crippen LogP contribution in [0.5, 0.6) is 0 Å². The molecule has 0 bridgehead atoms. The number of piperazine rings is 1. The van der Waals surface area contributed by atoms with Crippen molar-refractivity contribution in [1.29, 1.82) is 0 Å². The van der Waals surface area contributed by atoms with Gasteiger partial charge in [-0.3, -0.25) is 9.69 Å². The van der Waals surface area contributed by atoms with E-state index in [4.69, 9.17) is 0 Å². The summed E-state index contributed by atoms with van der Waals surface area (Å²) >= 11 is 0. The summed E-state index contributed by atoms with van der Waals surface area (Å²) in [5, 5.41) is 0. The van der Waals surface area contributed by atoms with Crippen molar-refractivity contribution in [2.24, 2.45) is 0 Å². The quantitative estimate of drug-likeness (QED) is 0.531. The van der Waals surface area contributed by atoms with E-state index >= 15 is 0 Å². The molecule has 1 amide bonds. The van der Waals surface area contributed by atoms with Crippen LogP contribution >= 0.6 is 0 Å². The molecule has 1 rings (SSSR count). The van der Waals surface area contributed by atoms with Crippen LogP contribution in [0.4, 0.5) is 4.39 Å². The molecule has 0 radical (unpaired) electrons. The Balaban J connectivity index is 2.18. The van der Waals surface area contributed by atoms with E-state index in [9.17, 15) is 9.18 Å². The first-order chi connectivity index (χ1) is 5.36. The molecule has 0 aliphatic carbocycles. The Morgan fingerprint density at radius 3 is 2.36 bits per heavy atom. The average Bonchev–Trinajstić information content (AvgIpc) is 2.07. The van der Waals surface area contributed by atoms with Gasteiger partial charge in [-0.1, -0.05) is 0 Å². The standard InChI is InChI=1S/C7H13FN2O/c8-1-2-9-3-5-10(7-11)6-4-9/h7H,1-6H2. The first-order valence-electron chi connectivity index (χ1n) is 3.84. The summed E-state index contributed by atoms with van der Waals surface area (Å²) in [5.74, 6) is 0. The third-order valence-electron chi connectivity index (χ3n) is 1.96. The number of carbonyl (C=O) groups is 1. The molecule has 0 unspecified atom stereocenters. The lowest BCUT2D eigenvalue weighted by Crippen LogP contribution is -2.46. The number of hydrogen-bond acceptors (Lipinski definition) is 2. The Labute approximate surface area is 65.8 Å². The normalized spacial score (nSPS) is 20.3. The van der Waals surface area contributed by atoms with Crippen LogP contribution in [0.3, 0.4) is 0 Å². The van der Waals surface area contributed by atoms with Crippen molar-refractivity contribution in [3.05, 3.63) is 0 Å². The van der Waals surface area contributed by atoms with Crippen molar-refractivity contribution in [2.75, 3.05) is 39.4 Å². The monoisotopic (exact) mass is 160 g/mol. The lowest BCUT2D eigenvalue weighted by molar-refractivity contribution is -0.119. The predicted molar refractivity (Wildman–Crippen MR) is 40.1 cm³/mol. The Kier molecular flexibility index (Phi) is 3.29. The average molecular weight is 160 g/mol. The van der Waals surface area contributed by atoms with E-state index in [1.54, 1.807) is 4.90 Å². The summed E-state index contributed by atoms with van der Waals surface area (Å²) < 4.78 is 11.8. The fourth-order valence-corrected chi connectivity index (χ4v) is 1.21. The molecule has 0 aromatic heterocycles. The minimum Gasteiger partial charge on any atom is -0.343 e. The summed E-state index contributed by atoms with van der Waals surface area (Å²) in [6.45, 7) is 3.31. The van der Waals surface area contributed by atoms with Gasteiger partial charge >= 0.3 is 0 Å². The number of alkyl halides is 1. The van der Waals surface area contributed by atoms with E-state index in [1.807, 2.05) is 4.90 Å². The number of hydrogen-bond donors (Lipinski definition) is 0. The number of amides is 1. The Hall–Kier alpha value is -0.640. The molecule has 1 aliphatic rings. The predicted octanol–water partition coefficient (Wildman–Crippen LogP) is -0.270. The van der Waals surface area contributed by atoms with Crippen molar-refractivity contribution in [3.63, 3.8) is 0 Å². The SMILES string of the molecule is O=CN1CCN(CCF)CC1. The van der Waals surface area contributed by atoms with E-state index in [-0.39, 0.29) is 6.67 Å². The molecule has 11 heavy (non-hydrogen) atoms. The first kappa shape index (κ1) is 8.46. The third-order valence-corrected chi connectivity index (χ3v) is 1.96. The van der Waals surface area contributed by atoms with Crippen molar-refractivity contribution in [2.45, 2.75) is 0 Å². The maximum atomic E-state index is 11.8. The summed E-state index contributed by atoms with van der Waals surface area (Å²) in [6.07, 6.45) is 0.854. The fraction of sp³-hybridized carbons (Fsp3) is 0.857. The van der Waals surface area contributed by atoms with Gasteiger partial charge in [0.2, 0.25) is 6.41 Å². The highest BCUT2D eigenvalue weighted by atomic mass is 19.1. The topological polar surface area (TPSA) is 23.6 Å². The molecule has 3 nitrogen and oxygen atoms in total. The number of nitrogens with zero attached hydrogens (tertiary/aromatic N) is 2. The summed E-state index contributed by atoms with van der Waals surface area (Å²) in [6, 6.07) is 0.